The van der Waals surface area contributed by atoms with Crippen LogP contribution in [0.15, 0.2) is 22.6 Å². The second kappa shape index (κ2) is 6.43. The molecular formula is C14H18FN3O. The molecule has 1 N–H and O–H groups in total. The minimum absolute atomic E-state index is 0.242. The maximum absolute atomic E-state index is 13.7. The van der Waals surface area contributed by atoms with Crippen LogP contribution in [0.3, 0.4) is 0 Å². The van der Waals surface area contributed by atoms with E-state index in [9.17, 15) is 4.39 Å². The summed E-state index contributed by atoms with van der Waals surface area (Å²) in [6.07, 6.45) is 1.74. The number of hydrogen-bond donors (Lipinski definition) is 1. The van der Waals surface area contributed by atoms with Crippen LogP contribution in [0.2, 0.25) is 0 Å². The van der Waals surface area contributed by atoms with Crippen LogP contribution in [0.1, 0.15) is 24.8 Å². The molecule has 19 heavy (non-hydrogen) atoms. The van der Waals surface area contributed by atoms with Crippen LogP contribution in [-0.4, -0.2) is 23.3 Å². The zero-order chi connectivity index (χ0) is 13.7. The number of nitrogens with zero attached hydrogens (tertiary/aromatic N) is 2. The second-order valence-electron chi connectivity index (χ2n) is 4.48. The topological polar surface area (TPSA) is 51.0 Å². The summed E-state index contributed by atoms with van der Waals surface area (Å²) in [6, 6.07) is 4.84. The van der Waals surface area contributed by atoms with Crippen molar-refractivity contribution in [3.8, 4) is 11.5 Å². The number of aromatic nitrogens is 2. The largest absolute Gasteiger partial charge is 0.421 e. The van der Waals surface area contributed by atoms with Gasteiger partial charge in [0.05, 0.1) is 5.56 Å². The van der Waals surface area contributed by atoms with Gasteiger partial charge in [-0.2, -0.15) is 0 Å². The van der Waals surface area contributed by atoms with Gasteiger partial charge in [-0.25, -0.2) is 4.39 Å². The molecule has 0 aliphatic rings. The highest BCUT2D eigenvalue weighted by Crippen LogP contribution is 2.22. The third kappa shape index (κ3) is 3.61. The maximum Gasteiger partial charge on any atom is 0.250 e. The molecule has 1 aromatic carbocycles. The summed E-state index contributed by atoms with van der Waals surface area (Å²) >= 11 is 0. The van der Waals surface area contributed by atoms with Crippen molar-refractivity contribution < 1.29 is 8.81 Å². The van der Waals surface area contributed by atoms with Crippen LogP contribution in [-0.2, 0) is 6.42 Å². The van der Waals surface area contributed by atoms with Crippen molar-refractivity contribution in [2.45, 2.75) is 26.7 Å². The SMILES string of the molecule is CCCNCCc1nnc(-c2cc(C)ccc2F)o1. The highest BCUT2D eigenvalue weighted by atomic mass is 19.1. The molecule has 0 spiro atoms. The molecule has 0 unspecified atom stereocenters. The normalized spacial score (nSPS) is 10.9. The standard InChI is InChI=1S/C14H18FN3O/c1-3-7-16-8-6-13-17-18-14(19-13)11-9-10(2)4-5-12(11)15/h4-5,9,16H,3,6-8H2,1-2H3. The summed E-state index contributed by atoms with van der Waals surface area (Å²) < 4.78 is 19.2. The van der Waals surface area contributed by atoms with E-state index in [0.29, 0.717) is 17.9 Å². The zero-order valence-electron chi connectivity index (χ0n) is 11.2. The van der Waals surface area contributed by atoms with Gasteiger partial charge in [0, 0.05) is 13.0 Å². The predicted molar refractivity (Wildman–Crippen MR) is 71.3 cm³/mol. The van der Waals surface area contributed by atoms with Gasteiger partial charge in [-0.05, 0) is 32.0 Å². The third-order valence-corrected chi connectivity index (χ3v) is 2.76. The average Bonchev–Trinajstić information content (AvgIpc) is 2.86. The number of aryl methyl sites for hydroxylation is 1. The molecule has 0 aliphatic carbocycles. The van der Waals surface area contributed by atoms with Gasteiger partial charge in [0.25, 0.3) is 5.89 Å². The lowest BCUT2D eigenvalue weighted by molar-refractivity contribution is 0.491. The molecule has 102 valence electrons. The molecule has 0 radical (unpaired) electrons. The lowest BCUT2D eigenvalue weighted by Gasteiger charge is -2.00. The molecule has 0 amide bonds. The van der Waals surface area contributed by atoms with Crippen LogP contribution in [0.4, 0.5) is 4.39 Å². The van der Waals surface area contributed by atoms with Crippen LogP contribution < -0.4 is 5.32 Å². The van der Waals surface area contributed by atoms with Crippen LogP contribution in [0.5, 0.6) is 0 Å². The van der Waals surface area contributed by atoms with E-state index in [1.165, 1.54) is 6.07 Å². The molecule has 0 bridgehead atoms. The molecule has 0 aliphatic heterocycles. The van der Waals surface area contributed by atoms with E-state index < -0.39 is 0 Å². The van der Waals surface area contributed by atoms with Crippen molar-refractivity contribution in [2.24, 2.45) is 0 Å². The van der Waals surface area contributed by atoms with Crippen molar-refractivity contribution in [2.75, 3.05) is 13.1 Å². The van der Waals surface area contributed by atoms with Gasteiger partial charge in [-0.1, -0.05) is 18.6 Å². The van der Waals surface area contributed by atoms with Gasteiger partial charge in [-0.3, -0.25) is 0 Å². The Morgan fingerprint density at radius 1 is 1.26 bits per heavy atom. The monoisotopic (exact) mass is 263 g/mol. The average molecular weight is 263 g/mol. The zero-order valence-corrected chi connectivity index (χ0v) is 11.2. The first kappa shape index (κ1) is 13.7. The molecule has 1 heterocycles. The van der Waals surface area contributed by atoms with Crippen molar-refractivity contribution in [3.63, 3.8) is 0 Å². The van der Waals surface area contributed by atoms with E-state index in [0.717, 1.165) is 25.1 Å². The molecule has 5 heteroatoms. The summed E-state index contributed by atoms with van der Waals surface area (Å²) in [4.78, 5) is 0. The summed E-state index contributed by atoms with van der Waals surface area (Å²) in [5.74, 6) is 0.427. The second-order valence-corrected chi connectivity index (χ2v) is 4.48. The van der Waals surface area contributed by atoms with Crippen LogP contribution in [0, 0.1) is 12.7 Å². The lowest BCUT2D eigenvalue weighted by atomic mass is 10.1. The van der Waals surface area contributed by atoms with Gasteiger partial charge in [0.15, 0.2) is 0 Å². The quantitative estimate of drug-likeness (QED) is 0.814. The minimum atomic E-state index is -0.343. The first-order valence-corrected chi connectivity index (χ1v) is 6.50. The Kier molecular flexibility index (Phi) is 4.63. The molecule has 0 atom stereocenters. The summed E-state index contributed by atoms with van der Waals surface area (Å²) in [5.41, 5.74) is 1.32. The number of nitrogens with one attached hydrogen (secondary N) is 1. The third-order valence-electron chi connectivity index (χ3n) is 2.76. The summed E-state index contributed by atoms with van der Waals surface area (Å²) in [5, 5.41) is 11.1. The predicted octanol–water partition coefficient (Wildman–Crippen LogP) is 2.73. The molecule has 2 rings (SSSR count). The number of rotatable bonds is 6. The molecule has 0 saturated heterocycles. The Labute approximate surface area is 112 Å². The smallest absolute Gasteiger partial charge is 0.250 e. The van der Waals surface area contributed by atoms with Gasteiger partial charge in [0.1, 0.15) is 5.82 Å². The molecule has 0 saturated carbocycles. The molecule has 0 fully saturated rings. The Hall–Kier alpha value is -1.75. The van der Waals surface area contributed by atoms with Gasteiger partial charge < -0.3 is 9.73 Å². The van der Waals surface area contributed by atoms with Crippen LogP contribution >= 0.6 is 0 Å². The Morgan fingerprint density at radius 3 is 2.89 bits per heavy atom. The minimum Gasteiger partial charge on any atom is -0.421 e. The van der Waals surface area contributed by atoms with E-state index in [1.807, 2.05) is 6.92 Å². The van der Waals surface area contributed by atoms with E-state index >= 15 is 0 Å². The Balaban J connectivity index is 2.06. The van der Waals surface area contributed by atoms with E-state index in [2.05, 4.69) is 22.4 Å². The van der Waals surface area contributed by atoms with E-state index in [1.54, 1.807) is 12.1 Å². The first-order chi connectivity index (χ1) is 9.20. The molecule has 4 nitrogen and oxygen atoms in total. The van der Waals surface area contributed by atoms with Crippen molar-refractivity contribution in [3.05, 3.63) is 35.5 Å². The molecule has 2 aromatic rings. The van der Waals surface area contributed by atoms with Gasteiger partial charge in [-0.15, -0.1) is 10.2 Å². The molecular weight excluding hydrogens is 245 g/mol. The number of hydrogen-bond acceptors (Lipinski definition) is 4. The highest BCUT2D eigenvalue weighted by Gasteiger charge is 2.12. The highest BCUT2D eigenvalue weighted by molar-refractivity contribution is 5.54. The summed E-state index contributed by atoms with van der Waals surface area (Å²) in [6.45, 7) is 5.76. The van der Waals surface area contributed by atoms with Crippen molar-refractivity contribution >= 4 is 0 Å². The molecule has 1 aromatic heterocycles. The fourth-order valence-corrected chi connectivity index (χ4v) is 1.76. The van der Waals surface area contributed by atoms with Crippen LogP contribution in [0.25, 0.3) is 11.5 Å². The maximum atomic E-state index is 13.7. The van der Waals surface area contributed by atoms with Crippen molar-refractivity contribution in [1.29, 1.82) is 0 Å². The fourth-order valence-electron chi connectivity index (χ4n) is 1.76. The van der Waals surface area contributed by atoms with Crippen molar-refractivity contribution in [1.82, 2.24) is 15.5 Å². The van der Waals surface area contributed by atoms with E-state index in [4.69, 9.17) is 4.42 Å². The lowest BCUT2D eigenvalue weighted by Crippen LogP contribution is -2.17. The number of benzene rings is 1. The Morgan fingerprint density at radius 2 is 2.11 bits per heavy atom. The fraction of sp³-hybridized carbons (Fsp3) is 0.429. The van der Waals surface area contributed by atoms with Gasteiger partial charge >= 0.3 is 0 Å². The Bertz CT molecular complexity index is 539. The first-order valence-electron chi connectivity index (χ1n) is 6.50. The van der Waals surface area contributed by atoms with E-state index in [-0.39, 0.29) is 11.7 Å². The number of halogens is 1. The van der Waals surface area contributed by atoms with Gasteiger partial charge in [0.2, 0.25) is 5.89 Å². The summed E-state index contributed by atoms with van der Waals surface area (Å²) in [7, 11) is 0.